The van der Waals surface area contributed by atoms with Crippen molar-refractivity contribution in [2.75, 3.05) is 19.1 Å². The molecule has 9 nitrogen and oxygen atoms in total. The minimum Gasteiger partial charge on any atom is -0.477 e. The van der Waals surface area contributed by atoms with Crippen molar-refractivity contribution in [1.29, 1.82) is 5.26 Å². The number of nitriles is 1. The monoisotopic (exact) mass is 505 g/mol. The van der Waals surface area contributed by atoms with Crippen LogP contribution in [0, 0.1) is 34.6 Å². The molecule has 0 aliphatic carbocycles. The van der Waals surface area contributed by atoms with Gasteiger partial charge in [0.1, 0.15) is 22.8 Å². The summed E-state index contributed by atoms with van der Waals surface area (Å²) in [6.45, 7) is 0. The molecule has 1 aliphatic heterocycles. The molecule has 1 unspecified atom stereocenters. The molecule has 36 heavy (non-hydrogen) atoms. The number of aromatic carboxylic acids is 1. The van der Waals surface area contributed by atoms with E-state index in [1.807, 2.05) is 0 Å². The van der Waals surface area contributed by atoms with Crippen LogP contribution in [0.15, 0.2) is 53.0 Å². The molecule has 0 radical (unpaired) electrons. The first-order valence-electron chi connectivity index (χ1n) is 9.78. The normalized spacial score (nSPS) is 15.5. The second kappa shape index (κ2) is 9.79. The minimum atomic E-state index is -2.32. The second-order valence-corrected chi connectivity index (χ2v) is 7.12. The van der Waals surface area contributed by atoms with E-state index in [9.17, 15) is 28.4 Å². The van der Waals surface area contributed by atoms with Gasteiger partial charge in [0.2, 0.25) is 0 Å². The molecule has 13 heteroatoms. The number of allylic oxidation sites excluding steroid dienone is 1. The summed E-state index contributed by atoms with van der Waals surface area (Å²) in [6, 6.07) is 9.22. The minimum absolute atomic E-state index is 0.0819. The van der Waals surface area contributed by atoms with Crippen molar-refractivity contribution in [1.82, 2.24) is 0 Å². The summed E-state index contributed by atoms with van der Waals surface area (Å²) in [5, 5.41) is 18.8. The molecule has 1 aliphatic rings. The number of hydrogen-bond donors (Lipinski definition) is 2. The quantitative estimate of drug-likeness (QED) is 0.356. The predicted molar refractivity (Wildman–Crippen MR) is 113 cm³/mol. The third kappa shape index (κ3) is 3.88. The number of nitrogens with two attached hydrogens (primary N) is 1. The molecule has 0 aromatic heterocycles. The van der Waals surface area contributed by atoms with Crippen molar-refractivity contribution in [3.05, 3.63) is 87.4 Å². The van der Waals surface area contributed by atoms with Crippen molar-refractivity contribution in [3.8, 4) is 6.07 Å². The van der Waals surface area contributed by atoms with Gasteiger partial charge in [0.15, 0.2) is 23.3 Å². The first-order valence-corrected chi connectivity index (χ1v) is 9.78. The Morgan fingerprint density at radius 3 is 1.94 bits per heavy atom. The van der Waals surface area contributed by atoms with Crippen molar-refractivity contribution < 1.29 is 46.5 Å². The first kappa shape index (κ1) is 25.8. The molecule has 2 aromatic rings. The fourth-order valence-corrected chi connectivity index (χ4v) is 3.75. The van der Waals surface area contributed by atoms with E-state index in [4.69, 9.17) is 15.6 Å². The van der Waals surface area contributed by atoms with Crippen LogP contribution in [0.4, 0.5) is 23.2 Å². The van der Waals surface area contributed by atoms with Gasteiger partial charge in [-0.3, -0.25) is 4.90 Å². The van der Waals surface area contributed by atoms with Gasteiger partial charge in [0.05, 0.1) is 37.4 Å². The van der Waals surface area contributed by atoms with Crippen LogP contribution in [0.25, 0.3) is 0 Å². The summed E-state index contributed by atoms with van der Waals surface area (Å²) < 4.78 is 68.6. The van der Waals surface area contributed by atoms with E-state index in [-0.39, 0.29) is 10.5 Å². The molecule has 3 N–H and O–H groups in total. The Hall–Kier alpha value is -4.86. The number of halogens is 4. The Balaban J connectivity index is 2.55. The molecule has 0 amide bonds. The number of benzene rings is 2. The van der Waals surface area contributed by atoms with Gasteiger partial charge in [-0.2, -0.15) is 5.26 Å². The smallest absolute Gasteiger partial charge is 0.355 e. The molecule has 0 saturated carbocycles. The number of nitrogens with zero attached hydrogens (tertiary/aromatic N) is 2. The number of ether oxygens (including phenoxy) is 2. The van der Waals surface area contributed by atoms with E-state index >= 15 is 8.78 Å². The number of carbonyl (C=O) groups is 3. The number of rotatable bonds is 5. The lowest BCUT2D eigenvalue weighted by Crippen LogP contribution is -2.42. The number of esters is 2. The number of carboxylic acid groups (broad SMARTS) is 1. The Morgan fingerprint density at radius 2 is 1.50 bits per heavy atom. The molecule has 3 rings (SSSR count). The van der Waals surface area contributed by atoms with Gasteiger partial charge < -0.3 is 20.3 Å². The molecule has 0 fully saturated rings. The van der Waals surface area contributed by atoms with E-state index in [1.54, 1.807) is 12.1 Å². The maximum atomic E-state index is 15.1. The van der Waals surface area contributed by atoms with Crippen LogP contribution in [-0.4, -0.2) is 37.2 Å². The predicted octanol–water partition coefficient (Wildman–Crippen LogP) is 2.84. The third-order valence-electron chi connectivity index (χ3n) is 5.29. The molecule has 186 valence electrons. The average Bonchev–Trinajstić information content (AvgIpc) is 2.87. The molecule has 0 saturated heterocycles. The third-order valence-corrected chi connectivity index (χ3v) is 5.29. The Labute approximate surface area is 200 Å². The Morgan fingerprint density at radius 1 is 0.972 bits per heavy atom. The fraction of sp³-hybridized carbons (Fsp3) is 0.130. The standard InChI is InChI=1S/C23H15F4N3O6/c1-35-22(33)12-11(9-6-4-3-5-7-9)10(8-28)20(29)30(18(12)23(34)36-2)19-16(26)14(24)13(21(31)32)15(25)17(19)27/h3-7,11H,29H2,1-2H3,(H,31,32). The highest BCUT2D eigenvalue weighted by atomic mass is 19.2. The molecular weight excluding hydrogens is 490 g/mol. The lowest BCUT2D eigenvalue weighted by Gasteiger charge is -2.36. The number of carbonyl (C=O) groups excluding carboxylic acids is 2. The highest BCUT2D eigenvalue weighted by molar-refractivity contribution is 6.06. The fourth-order valence-electron chi connectivity index (χ4n) is 3.75. The van der Waals surface area contributed by atoms with Crippen LogP contribution in [-0.2, 0) is 19.1 Å². The van der Waals surface area contributed by atoms with Gasteiger partial charge in [0, 0.05) is 0 Å². The van der Waals surface area contributed by atoms with Gasteiger partial charge in [-0.05, 0) is 5.56 Å². The summed E-state index contributed by atoms with van der Waals surface area (Å²) in [7, 11) is 1.74. The maximum Gasteiger partial charge on any atom is 0.355 e. The number of carboxylic acids is 1. The Kier molecular flexibility index (Phi) is 7.00. The summed E-state index contributed by atoms with van der Waals surface area (Å²) in [5.41, 5.74) is 0.324. The summed E-state index contributed by atoms with van der Waals surface area (Å²) in [5.74, 6) is -16.5. The van der Waals surface area contributed by atoms with Crippen LogP contribution in [0.5, 0.6) is 0 Å². The highest BCUT2D eigenvalue weighted by Crippen LogP contribution is 2.45. The first-order chi connectivity index (χ1) is 17.0. The van der Waals surface area contributed by atoms with Crippen LogP contribution in [0.2, 0.25) is 0 Å². The number of hydrogen-bond acceptors (Lipinski definition) is 8. The molecular formula is C23H15F4N3O6. The maximum absolute atomic E-state index is 15.1. The lowest BCUT2D eigenvalue weighted by atomic mass is 9.81. The summed E-state index contributed by atoms with van der Waals surface area (Å²) >= 11 is 0. The zero-order valence-corrected chi connectivity index (χ0v) is 18.4. The highest BCUT2D eigenvalue weighted by Gasteiger charge is 2.45. The molecule has 1 heterocycles. The van der Waals surface area contributed by atoms with E-state index in [1.165, 1.54) is 24.3 Å². The van der Waals surface area contributed by atoms with Crippen LogP contribution in [0.1, 0.15) is 21.8 Å². The van der Waals surface area contributed by atoms with Gasteiger partial charge in [-0.25, -0.2) is 31.9 Å². The summed E-state index contributed by atoms with van der Waals surface area (Å²) in [6.07, 6.45) is 0. The largest absolute Gasteiger partial charge is 0.477 e. The lowest BCUT2D eigenvalue weighted by molar-refractivity contribution is -0.139. The van der Waals surface area contributed by atoms with Crippen LogP contribution >= 0.6 is 0 Å². The van der Waals surface area contributed by atoms with E-state index in [0.717, 1.165) is 14.2 Å². The molecule has 1 atom stereocenters. The van der Waals surface area contributed by atoms with Crippen LogP contribution in [0.3, 0.4) is 0 Å². The average molecular weight is 505 g/mol. The molecule has 0 bridgehead atoms. The van der Waals surface area contributed by atoms with E-state index in [0.29, 0.717) is 0 Å². The van der Waals surface area contributed by atoms with Crippen molar-refractivity contribution in [2.45, 2.75) is 5.92 Å². The molecule has 2 aromatic carbocycles. The van der Waals surface area contributed by atoms with Crippen molar-refractivity contribution in [2.24, 2.45) is 5.73 Å². The molecule has 0 spiro atoms. The zero-order valence-electron chi connectivity index (χ0n) is 18.4. The zero-order chi connectivity index (χ0) is 26.9. The van der Waals surface area contributed by atoms with E-state index in [2.05, 4.69) is 4.74 Å². The second-order valence-electron chi connectivity index (χ2n) is 7.12. The van der Waals surface area contributed by atoms with Crippen molar-refractivity contribution in [3.63, 3.8) is 0 Å². The SMILES string of the molecule is COC(=O)C1=C(C(=O)OC)N(c2c(F)c(F)c(C(=O)O)c(F)c2F)C(N)=C(C#N)C1c1ccccc1. The van der Waals surface area contributed by atoms with Gasteiger partial charge in [0.25, 0.3) is 0 Å². The van der Waals surface area contributed by atoms with E-state index < -0.39 is 81.0 Å². The van der Waals surface area contributed by atoms with Gasteiger partial charge in [-0.15, -0.1) is 0 Å². The summed E-state index contributed by atoms with van der Waals surface area (Å²) in [4.78, 5) is 37.0. The van der Waals surface area contributed by atoms with Gasteiger partial charge >= 0.3 is 17.9 Å². The number of methoxy groups -OCH3 is 2. The van der Waals surface area contributed by atoms with Crippen LogP contribution < -0.4 is 10.6 Å². The topological polar surface area (TPSA) is 143 Å². The van der Waals surface area contributed by atoms with Crippen molar-refractivity contribution >= 4 is 23.6 Å². The Bertz CT molecular complexity index is 1370. The number of anilines is 1. The van der Waals surface area contributed by atoms with Gasteiger partial charge in [-0.1, -0.05) is 30.3 Å².